The van der Waals surface area contributed by atoms with Gasteiger partial charge in [0.1, 0.15) is 0 Å². The molecular weight excluding hydrogens is 204 g/mol. The minimum absolute atomic E-state index is 0.00576. The van der Waals surface area contributed by atoms with E-state index in [0.717, 1.165) is 25.7 Å². The normalized spacial score (nSPS) is 27.5. The first-order valence-electron chi connectivity index (χ1n) is 6.20. The highest BCUT2D eigenvalue weighted by molar-refractivity contribution is 5.76. The maximum Gasteiger partial charge on any atom is 0.222 e. The van der Waals surface area contributed by atoms with Crippen LogP contribution in [-0.2, 0) is 4.79 Å². The van der Waals surface area contributed by atoms with E-state index in [1.165, 1.54) is 0 Å². The van der Waals surface area contributed by atoms with Crippen LogP contribution >= 0.6 is 0 Å². The van der Waals surface area contributed by atoms with Gasteiger partial charge in [-0.3, -0.25) is 4.79 Å². The summed E-state index contributed by atoms with van der Waals surface area (Å²) in [4.78, 5) is 13.6. The lowest BCUT2D eigenvalue weighted by Gasteiger charge is -2.35. The molecule has 0 aromatic heterocycles. The van der Waals surface area contributed by atoms with Crippen LogP contribution in [-0.4, -0.2) is 41.7 Å². The van der Waals surface area contributed by atoms with E-state index in [0.29, 0.717) is 13.0 Å². The zero-order chi connectivity index (χ0) is 12.1. The number of likely N-dealkylation sites (N-methyl/N-ethyl adjacent to an activating group) is 1. The molecule has 3 atom stereocenters. The number of nitrogens with two attached hydrogens (primary N) is 1. The van der Waals surface area contributed by atoms with Crippen molar-refractivity contribution >= 4 is 5.91 Å². The maximum atomic E-state index is 11.9. The average molecular weight is 228 g/mol. The summed E-state index contributed by atoms with van der Waals surface area (Å²) >= 11 is 0. The van der Waals surface area contributed by atoms with Crippen LogP contribution in [0.2, 0.25) is 0 Å². The van der Waals surface area contributed by atoms with E-state index in [-0.39, 0.29) is 24.0 Å². The molecule has 1 aliphatic rings. The van der Waals surface area contributed by atoms with Crippen molar-refractivity contribution in [2.75, 3.05) is 13.6 Å². The molecule has 1 amide bonds. The average Bonchev–Trinajstić information content (AvgIpc) is 2.28. The van der Waals surface area contributed by atoms with Gasteiger partial charge in [0.2, 0.25) is 5.91 Å². The third-order valence-corrected chi connectivity index (χ3v) is 3.51. The van der Waals surface area contributed by atoms with Gasteiger partial charge >= 0.3 is 0 Å². The summed E-state index contributed by atoms with van der Waals surface area (Å²) in [5.74, 6) is 0.319. The number of nitrogens with zero attached hydrogens (tertiary/aromatic N) is 1. The molecular formula is C12H24N2O2. The summed E-state index contributed by atoms with van der Waals surface area (Å²) in [6.45, 7) is 2.51. The van der Waals surface area contributed by atoms with Gasteiger partial charge in [-0.2, -0.15) is 0 Å². The van der Waals surface area contributed by atoms with Gasteiger partial charge in [-0.05, 0) is 25.3 Å². The Morgan fingerprint density at radius 1 is 1.50 bits per heavy atom. The van der Waals surface area contributed by atoms with E-state index in [1.54, 1.807) is 11.9 Å². The molecule has 4 nitrogen and oxygen atoms in total. The van der Waals surface area contributed by atoms with Gasteiger partial charge in [-0.1, -0.05) is 19.8 Å². The molecule has 94 valence electrons. The summed E-state index contributed by atoms with van der Waals surface area (Å²) in [7, 11) is 1.80. The van der Waals surface area contributed by atoms with Gasteiger partial charge in [-0.15, -0.1) is 0 Å². The molecule has 3 N–H and O–H groups in total. The van der Waals surface area contributed by atoms with Crippen LogP contribution < -0.4 is 5.73 Å². The molecule has 16 heavy (non-hydrogen) atoms. The Balaban J connectivity index is 2.48. The lowest BCUT2D eigenvalue weighted by Crippen LogP contribution is -2.46. The molecule has 0 aliphatic heterocycles. The van der Waals surface area contributed by atoms with Gasteiger partial charge < -0.3 is 15.7 Å². The minimum atomic E-state index is -0.351. The van der Waals surface area contributed by atoms with E-state index >= 15 is 0 Å². The highest BCUT2D eigenvalue weighted by atomic mass is 16.3. The predicted molar refractivity (Wildman–Crippen MR) is 63.9 cm³/mol. The van der Waals surface area contributed by atoms with E-state index in [1.807, 2.05) is 6.92 Å². The Kier molecular flexibility index (Phi) is 5.22. The Labute approximate surface area is 97.8 Å². The Morgan fingerprint density at radius 2 is 2.12 bits per heavy atom. The van der Waals surface area contributed by atoms with E-state index in [2.05, 4.69) is 0 Å². The van der Waals surface area contributed by atoms with Crippen molar-refractivity contribution in [3.05, 3.63) is 0 Å². The molecule has 1 rings (SSSR count). The number of rotatable bonds is 4. The molecule has 0 spiro atoms. The van der Waals surface area contributed by atoms with Crippen molar-refractivity contribution in [2.24, 2.45) is 11.7 Å². The first kappa shape index (κ1) is 13.5. The highest BCUT2D eigenvalue weighted by Crippen LogP contribution is 2.23. The second kappa shape index (κ2) is 6.21. The summed E-state index contributed by atoms with van der Waals surface area (Å²) in [6, 6.07) is 0.00576. The summed E-state index contributed by atoms with van der Waals surface area (Å²) < 4.78 is 0. The molecule has 4 heteroatoms. The number of amides is 1. The fourth-order valence-electron chi connectivity index (χ4n) is 2.25. The fourth-order valence-corrected chi connectivity index (χ4v) is 2.25. The molecule has 0 radical (unpaired) electrons. The molecule has 3 unspecified atom stereocenters. The van der Waals surface area contributed by atoms with Crippen LogP contribution in [0.4, 0.5) is 0 Å². The summed E-state index contributed by atoms with van der Waals surface area (Å²) in [6.07, 6.45) is 4.03. The number of hydrogen-bond donors (Lipinski definition) is 2. The zero-order valence-electron chi connectivity index (χ0n) is 10.4. The Morgan fingerprint density at radius 3 is 2.69 bits per heavy atom. The largest absolute Gasteiger partial charge is 0.391 e. The van der Waals surface area contributed by atoms with Gasteiger partial charge in [-0.25, -0.2) is 0 Å². The monoisotopic (exact) mass is 228 g/mol. The quantitative estimate of drug-likeness (QED) is 0.745. The number of hydrogen-bond acceptors (Lipinski definition) is 3. The third kappa shape index (κ3) is 3.46. The number of aliphatic hydroxyl groups excluding tert-OH is 1. The second-order valence-corrected chi connectivity index (χ2v) is 4.97. The van der Waals surface area contributed by atoms with E-state index < -0.39 is 0 Å². The first-order chi connectivity index (χ1) is 7.56. The van der Waals surface area contributed by atoms with Crippen molar-refractivity contribution < 1.29 is 9.90 Å². The van der Waals surface area contributed by atoms with Gasteiger partial charge in [0, 0.05) is 13.5 Å². The van der Waals surface area contributed by atoms with Crippen LogP contribution in [0.5, 0.6) is 0 Å². The standard InChI is InChI=1S/C12H24N2O2/c1-9(8-13)7-12(16)14(2)10-5-3-4-6-11(10)15/h9-11,15H,3-8,13H2,1-2H3. The lowest BCUT2D eigenvalue weighted by molar-refractivity contribution is -0.136. The van der Waals surface area contributed by atoms with Gasteiger partial charge in [0.25, 0.3) is 0 Å². The molecule has 0 aromatic carbocycles. The smallest absolute Gasteiger partial charge is 0.222 e. The third-order valence-electron chi connectivity index (χ3n) is 3.51. The molecule has 0 aromatic rings. The highest BCUT2D eigenvalue weighted by Gasteiger charge is 2.29. The van der Waals surface area contributed by atoms with Crippen molar-refractivity contribution in [2.45, 2.75) is 51.2 Å². The summed E-state index contributed by atoms with van der Waals surface area (Å²) in [5.41, 5.74) is 5.51. The Hall–Kier alpha value is -0.610. The molecule has 0 bridgehead atoms. The predicted octanol–water partition coefficient (Wildman–Crippen LogP) is 0.733. The zero-order valence-corrected chi connectivity index (χ0v) is 10.4. The fraction of sp³-hybridized carbons (Fsp3) is 0.917. The Bertz CT molecular complexity index is 233. The second-order valence-electron chi connectivity index (χ2n) is 4.97. The first-order valence-corrected chi connectivity index (χ1v) is 6.20. The van der Waals surface area contributed by atoms with Crippen molar-refractivity contribution in [3.63, 3.8) is 0 Å². The van der Waals surface area contributed by atoms with E-state index in [4.69, 9.17) is 5.73 Å². The SMILES string of the molecule is CC(CN)CC(=O)N(C)C1CCCCC1O. The topological polar surface area (TPSA) is 66.6 Å². The molecule has 1 aliphatic carbocycles. The molecule has 1 fully saturated rings. The van der Waals surface area contributed by atoms with Gasteiger partial charge in [0.05, 0.1) is 12.1 Å². The van der Waals surface area contributed by atoms with E-state index in [9.17, 15) is 9.90 Å². The van der Waals surface area contributed by atoms with Crippen LogP contribution in [0.15, 0.2) is 0 Å². The molecule has 0 heterocycles. The van der Waals surface area contributed by atoms with Crippen LogP contribution in [0.25, 0.3) is 0 Å². The number of aliphatic hydroxyl groups is 1. The summed E-state index contributed by atoms with van der Waals surface area (Å²) in [5, 5.41) is 9.86. The van der Waals surface area contributed by atoms with Crippen molar-refractivity contribution in [1.29, 1.82) is 0 Å². The van der Waals surface area contributed by atoms with Crippen LogP contribution in [0, 0.1) is 5.92 Å². The number of carbonyl (C=O) groups excluding carboxylic acids is 1. The lowest BCUT2D eigenvalue weighted by atomic mass is 9.91. The van der Waals surface area contributed by atoms with Gasteiger partial charge in [0.15, 0.2) is 0 Å². The minimum Gasteiger partial charge on any atom is -0.391 e. The van der Waals surface area contributed by atoms with Crippen molar-refractivity contribution in [3.8, 4) is 0 Å². The maximum absolute atomic E-state index is 11.9. The molecule has 1 saturated carbocycles. The van der Waals surface area contributed by atoms with Crippen LogP contribution in [0.1, 0.15) is 39.0 Å². The van der Waals surface area contributed by atoms with Crippen molar-refractivity contribution in [1.82, 2.24) is 4.90 Å². The number of carbonyl (C=O) groups is 1. The molecule has 0 saturated heterocycles. The van der Waals surface area contributed by atoms with Crippen LogP contribution in [0.3, 0.4) is 0 Å².